The minimum Gasteiger partial charge on any atom is -0.355 e. The molecule has 5 amide bonds. The maximum atomic E-state index is 13.5. The smallest absolute Gasteiger partial charge is 0.236 e. The highest BCUT2D eigenvalue weighted by atomic mass is 35.5. The minimum atomic E-state index is -0.571. The number of hydrogen-bond donors (Lipinski definition) is 6. The second kappa shape index (κ2) is 50.0. The number of nitrogens with zero attached hydrogens (tertiary/aromatic N) is 3. The lowest BCUT2D eigenvalue weighted by molar-refractivity contribution is -0.133. The Bertz CT molecular complexity index is 1250. The Labute approximate surface area is 412 Å². The number of hydrogen-bond acceptors (Lipinski definition) is 9. The van der Waals surface area contributed by atoms with Crippen molar-refractivity contribution in [2.24, 2.45) is 22.9 Å². The predicted octanol–water partition coefficient (Wildman–Crippen LogP) is 6.49. The number of unbranched alkanes of at least 4 members (excludes halogenated alkanes) is 3. The number of nitrogens with two attached hydrogens (primary N) is 4. The van der Waals surface area contributed by atoms with Gasteiger partial charge in [0.25, 0.3) is 0 Å². The Balaban J connectivity index is -0.00000290. The SMILES string of the molecule is CC/C=C\CCC(=O)N(CCCCN(CCCN(CCCNC(=O)[C@H](N)CCCCN)C(=O)CC/C=C\CC)C(=O)CC/C=C\CC)CCCNC(=O)[C@H](N)CCCCN.Cl.Cl.Cl.Cl. The number of halogens is 4. The molecule has 0 bridgehead atoms. The normalized spacial score (nSPS) is 11.8. The van der Waals surface area contributed by atoms with Crippen LogP contribution in [0.1, 0.15) is 149 Å². The molecule has 2 atom stereocenters. The summed E-state index contributed by atoms with van der Waals surface area (Å²) in [5, 5.41) is 5.83. The van der Waals surface area contributed by atoms with Crippen LogP contribution >= 0.6 is 49.6 Å². The Kier molecular flexibility index (Phi) is 55.1. The van der Waals surface area contributed by atoms with E-state index >= 15 is 0 Å². The summed E-state index contributed by atoms with van der Waals surface area (Å²) < 4.78 is 0. The Hall–Kier alpha value is -2.43. The summed E-state index contributed by atoms with van der Waals surface area (Å²) in [5.74, 6) is -0.149. The lowest BCUT2D eigenvalue weighted by Crippen LogP contribution is -2.42. The molecule has 0 aromatic heterocycles. The van der Waals surface area contributed by atoms with E-state index < -0.39 is 12.1 Å². The van der Waals surface area contributed by atoms with Crippen molar-refractivity contribution >= 4 is 79.2 Å². The van der Waals surface area contributed by atoms with Gasteiger partial charge in [0.15, 0.2) is 0 Å². The molecule has 0 aliphatic rings. The van der Waals surface area contributed by atoms with Crippen molar-refractivity contribution in [1.82, 2.24) is 25.3 Å². The summed E-state index contributed by atoms with van der Waals surface area (Å²) >= 11 is 0. The highest BCUT2D eigenvalue weighted by Crippen LogP contribution is 2.10. The van der Waals surface area contributed by atoms with Crippen LogP contribution in [0.4, 0.5) is 0 Å². The third-order valence-electron chi connectivity index (χ3n) is 10.2. The first-order valence-electron chi connectivity index (χ1n) is 23.3. The Morgan fingerprint density at radius 1 is 0.438 bits per heavy atom. The molecule has 0 fully saturated rings. The molecular weight excluding hydrogens is 900 g/mol. The van der Waals surface area contributed by atoms with Gasteiger partial charge in [-0.2, -0.15) is 0 Å². The third-order valence-corrected chi connectivity index (χ3v) is 10.2. The molecule has 0 radical (unpaired) electrons. The average Bonchev–Trinajstić information content (AvgIpc) is 3.24. The molecule has 14 nitrogen and oxygen atoms in total. The van der Waals surface area contributed by atoms with Crippen LogP contribution in [0.5, 0.6) is 0 Å². The lowest BCUT2D eigenvalue weighted by atomic mass is 10.1. The van der Waals surface area contributed by atoms with Gasteiger partial charge in [0, 0.05) is 71.6 Å². The maximum absolute atomic E-state index is 13.5. The van der Waals surface area contributed by atoms with E-state index in [2.05, 4.69) is 49.6 Å². The van der Waals surface area contributed by atoms with Gasteiger partial charge in [0.05, 0.1) is 12.1 Å². The largest absolute Gasteiger partial charge is 0.355 e. The number of rotatable bonds is 39. The summed E-state index contributed by atoms with van der Waals surface area (Å²) in [6, 6.07) is -1.14. The van der Waals surface area contributed by atoms with Crippen molar-refractivity contribution < 1.29 is 24.0 Å². The summed E-state index contributed by atoms with van der Waals surface area (Å²) in [4.78, 5) is 70.8. The number of carbonyl (C=O) groups excluding carboxylic acids is 5. The van der Waals surface area contributed by atoms with Crippen LogP contribution in [-0.2, 0) is 24.0 Å². The Morgan fingerprint density at radius 2 is 0.734 bits per heavy atom. The topological polar surface area (TPSA) is 223 Å². The van der Waals surface area contributed by atoms with Gasteiger partial charge in [-0.05, 0) is 109 Å². The first-order valence-corrected chi connectivity index (χ1v) is 23.3. The monoisotopic (exact) mass is 990 g/mol. The maximum Gasteiger partial charge on any atom is 0.236 e. The molecule has 0 heterocycles. The van der Waals surface area contributed by atoms with Crippen LogP contribution in [0.3, 0.4) is 0 Å². The summed E-state index contributed by atoms with van der Waals surface area (Å²) in [6.45, 7) is 11.4. The number of amides is 5. The molecule has 378 valence electrons. The second-order valence-electron chi connectivity index (χ2n) is 15.5. The fourth-order valence-corrected chi connectivity index (χ4v) is 6.59. The minimum absolute atomic E-state index is 0. The van der Waals surface area contributed by atoms with Gasteiger partial charge in [-0.15, -0.1) is 49.6 Å². The first kappa shape index (κ1) is 70.6. The molecule has 0 aromatic carbocycles. The number of carbonyl (C=O) groups is 5. The van der Waals surface area contributed by atoms with Crippen LogP contribution in [0.15, 0.2) is 36.5 Å². The number of nitrogens with one attached hydrogen (secondary N) is 2. The van der Waals surface area contributed by atoms with Crippen molar-refractivity contribution in [3.8, 4) is 0 Å². The van der Waals surface area contributed by atoms with Crippen LogP contribution < -0.4 is 33.6 Å². The van der Waals surface area contributed by atoms with Crippen LogP contribution in [0.2, 0.25) is 0 Å². The van der Waals surface area contributed by atoms with Gasteiger partial charge < -0.3 is 48.3 Å². The zero-order valence-corrected chi connectivity index (χ0v) is 42.9. The average molecular weight is 992 g/mol. The van der Waals surface area contributed by atoms with Crippen molar-refractivity contribution in [3.05, 3.63) is 36.5 Å². The molecule has 0 unspecified atom stereocenters. The van der Waals surface area contributed by atoms with Gasteiger partial charge in [-0.1, -0.05) is 70.1 Å². The van der Waals surface area contributed by atoms with Crippen LogP contribution in [0, 0.1) is 0 Å². The van der Waals surface area contributed by atoms with Gasteiger partial charge in [0.2, 0.25) is 29.5 Å². The van der Waals surface area contributed by atoms with E-state index in [9.17, 15) is 24.0 Å². The standard InChI is InChI=1S/C46H87N9O5.4ClH/c1-4-7-10-13-27-42(56)53(36-22-32-51-45(59)40(49)25-16-18-30-47)34-20-21-35-54(43(57)28-14-11-8-5-2)38-24-39-55(44(58)29-15-12-9-6-3)37-23-33-52-46(60)41(50)26-17-19-31-48;;;;/h7-12,40-41H,4-6,13-39,47-50H2,1-3H3,(H,51,59)(H,52,60);4*1H/b10-7-,11-8-,12-9-;;;;/t40-,41-;;;;/m1..../s1. The van der Waals surface area contributed by atoms with Gasteiger partial charge in [0.1, 0.15) is 0 Å². The van der Waals surface area contributed by atoms with Crippen LogP contribution in [-0.4, -0.2) is 122 Å². The van der Waals surface area contributed by atoms with E-state index in [1.165, 1.54) is 0 Å². The third kappa shape index (κ3) is 38.8. The molecule has 0 aliphatic carbocycles. The summed E-state index contributed by atoms with van der Waals surface area (Å²) in [5.41, 5.74) is 23.2. The van der Waals surface area contributed by atoms with Crippen LogP contribution in [0.25, 0.3) is 0 Å². The van der Waals surface area contributed by atoms with Crippen molar-refractivity contribution in [2.75, 3.05) is 65.4 Å². The van der Waals surface area contributed by atoms with E-state index in [0.717, 1.165) is 57.8 Å². The zero-order chi connectivity index (χ0) is 44.6. The molecule has 0 aromatic rings. The van der Waals surface area contributed by atoms with E-state index in [0.29, 0.717) is 136 Å². The van der Waals surface area contributed by atoms with E-state index in [1.807, 2.05) is 32.9 Å². The number of allylic oxidation sites excluding steroid dienone is 6. The van der Waals surface area contributed by atoms with Crippen molar-refractivity contribution in [3.63, 3.8) is 0 Å². The van der Waals surface area contributed by atoms with E-state index in [4.69, 9.17) is 22.9 Å². The highest BCUT2D eigenvalue weighted by molar-refractivity contribution is 5.86. The van der Waals surface area contributed by atoms with Gasteiger partial charge in [-0.3, -0.25) is 24.0 Å². The van der Waals surface area contributed by atoms with E-state index in [-0.39, 0.29) is 79.2 Å². The summed E-state index contributed by atoms with van der Waals surface area (Å²) in [7, 11) is 0. The quantitative estimate of drug-likeness (QED) is 0.0292. The molecule has 0 spiro atoms. The molecule has 0 aliphatic heterocycles. The fraction of sp³-hybridized carbons (Fsp3) is 0.761. The Morgan fingerprint density at radius 3 is 1.03 bits per heavy atom. The zero-order valence-electron chi connectivity index (χ0n) is 39.7. The molecule has 0 rings (SSSR count). The van der Waals surface area contributed by atoms with Gasteiger partial charge >= 0.3 is 0 Å². The molecule has 64 heavy (non-hydrogen) atoms. The fourth-order valence-electron chi connectivity index (χ4n) is 6.59. The van der Waals surface area contributed by atoms with E-state index in [1.54, 1.807) is 0 Å². The first-order chi connectivity index (χ1) is 29.1. The second-order valence-corrected chi connectivity index (χ2v) is 15.5. The van der Waals surface area contributed by atoms with Gasteiger partial charge in [-0.25, -0.2) is 0 Å². The predicted molar refractivity (Wildman–Crippen MR) is 276 cm³/mol. The molecule has 18 heteroatoms. The highest BCUT2D eigenvalue weighted by Gasteiger charge is 2.19. The summed E-state index contributed by atoms with van der Waals surface area (Å²) in [6.07, 6.45) is 26.1. The molecule has 0 saturated carbocycles. The molecule has 10 N–H and O–H groups in total. The van der Waals surface area contributed by atoms with Crippen molar-refractivity contribution in [1.29, 1.82) is 0 Å². The molecular formula is C46H91Cl4N9O5. The van der Waals surface area contributed by atoms with Crippen molar-refractivity contribution in [2.45, 2.75) is 161 Å². The lowest BCUT2D eigenvalue weighted by Gasteiger charge is -2.27. The molecule has 0 saturated heterocycles.